The summed E-state index contributed by atoms with van der Waals surface area (Å²) in [6, 6.07) is 1.27. The van der Waals surface area contributed by atoms with Gasteiger partial charge in [-0.05, 0) is 12.0 Å². The largest absolute Gasteiger partial charge is 0.480 e. The molecule has 5 nitrogen and oxygen atoms in total. The average Bonchev–Trinajstić information content (AvgIpc) is 2.24. The summed E-state index contributed by atoms with van der Waals surface area (Å²) in [5.41, 5.74) is 0.0457. The van der Waals surface area contributed by atoms with Gasteiger partial charge in [0, 0.05) is 17.8 Å². The fraction of sp³-hybridized carbons (Fsp3) is 0.364. The van der Waals surface area contributed by atoms with E-state index >= 15 is 0 Å². The van der Waals surface area contributed by atoms with E-state index in [1.165, 1.54) is 6.07 Å². The van der Waals surface area contributed by atoms with Crippen LogP contribution in [0.15, 0.2) is 18.3 Å². The predicted octanol–water partition coefficient (Wildman–Crippen LogP) is 1.06. The molecule has 1 atom stereocenters. The number of carbonyl (C=O) groups is 2. The molecule has 1 aromatic rings. The van der Waals surface area contributed by atoms with E-state index in [1.807, 2.05) is 0 Å². The number of rotatable bonds is 4. The Bertz CT molecular complexity index is 434. The van der Waals surface area contributed by atoms with Gasteiger partial charge in [0.05, 0.1) is 0 Å². The van der Waals surface area contributed by atoms with Crippen LogP contribution in [0.2, 0.25) is 0 Å². The van der Waals surface area contributed by atoms with E-state index in [1.54, 1.807) is 13.8 Å². The third-order valence-electron chi connectivity index (χ3n) is 2.21. The summed E-state index contributed by atoms with van der Waals surface area (Å²) in [4.78, 5) is 25.8. The van der Waals surface area contributed by atoms with Crippen molar-refractivity contribution in [3.05, 3.63) is 29.8 Å². The molecule has 0 aliphatic rings. The second kappa shape index (κ2) is 5.38. The summed E-state index contributed by atoms with van der Waals surface area (Å²) in [6.07, 6.45) is 1.15. The third-order valence-corrected chi connectivity index (χ3v) is 2.21. The van der Waals surface area contributed by atoms with Gasteiger partial charge in [0.15, 0.2) is 0 Å². The number of nitrogens with one attached hydrogen (secondary N) is 1. The van der Waals surface area contributed by atoms with Crippen LogP contribution in [0.25, 0.3) is 0 Å². The molecule has 0 bridgehead atoms. The first-order valence-corrected chi connectivity index (χ1v) is 5.07. The zero-order chi connectivity index (χ0) is 13.0. The molecule has 1 amide bonds. The van der Waals surface area contributed by atoms with Crippen molar-refractivity contribution >= 4 is 11.9 Å². The van der Waals surface area contributed by atoms with Gasteiger partial charge in [-0.1, -0.05) is 13.8 Å². The fourth-order valence-corrected chi connectivity index (χ4v) is 1.28. The van der Waals surface area contributed by atoms with Crippen LogP contribution in [-0.2, 0) is 4.79 Å². The topological polar surface area (TPSA) is 79.3 Å². The number of halogens is 1. The van der Waals surface area contributed by atoms with Crippen molar-refractivity contribution in [2.24, 2.45) is 5.92 Å². The van der Waals surface area contributed by atoms with Gasteiger partial charge < -0.3 is 10.4 Å². The molecule has 17 heavy (non-hydrogen) atoms. The van der Waals surface area contributed by atoms with Gasteiger partial charge in [0.25, 0.3) is 5.91 Å². The molecule has 1 unspecified atom stereocenters. The molecule has 0 radical (unpaired) electrons. The lowest BCUT2D eigenvalue weighted by Crippen LogP contribution is -2.44. The molecule has 0 saturated heterocycles. The number of nitrogens with zero attached hydrogens (tertiary/aromatic N) is 1. The number of aliphatic carboxylic acids is 1. The van der Waals surface area contributed by atoms with Crippen molar-refractivity contribution in [2.45, 2.75) is 19.9 Å². The monoisotopic (exact) mass is 240 g/mol. The van der Waals surface area contributed by atoms with Crippen molar-refractivity contribution < 1.29 is 19.1 Å². The lowest BCUT2D eigenvalue weighted by molar-refractivity contribution is -0.140. The fourth-order valence-electron chi connectivity index (χ4n) is 1.28. The van der Waals surface area contributed by atoms with Crippen LogP contribution in [-0.4, -0.2) is 28.0 Å². The van der Waals surface area contributed by atoms with Gasteiger partial charge in [0.1, 0.15) is 6.04 Å². The molecule has 0 aromatic carbocycles. The number of carbonyl (C=O) groups excluding carboxylic acids is 1. The van der Waals surface area contributed by atoms with Crippen LogP contribution in [0.3, 0.4) is 0 Å². The molecule has 2 N–H and O–H groups in total. The number of pyridine rings is 1. The molecule has 0 fully saturated rings. The summed E-state index contributed by atoms with van der Waals surface area (Å²) in [5.74, 6) is -2.80. The number of amides is 1. The van der Waals surface area contributed by atoms with Crippen LogP contribution in [0, 0.1) is 11.9 Å². The summed E-state index contributed by atoms with van der Waals surface area (Å²) in [6.45, 7) is 3.35. The van der Waals surface area contributed by atoms with E-state index in [0.717, 1.165) is 12.3 Å². The third kappa shape index (κ3) is 3.51. The van der Waals surface area contributed by atoms with Gasteiger partial charge in [-0.2, -0.15) is 4.39 Å². The van der Waals surface area contributed by atoms with Crippen molar-refractivity contribution in [3.8, 4) is 0 Å². The summed E-state index contributed by atoms with van der Waals surface area (Å²) in [5, 5.41) is 11.2. The number of carboxylic acid groups (broad SMARTS) is 1. The molecular weight excluding hydrogens is 227 g/mol. The molecule has 1 rings (SSSR count). The van der Waals surface area contributed by atoms with Gasteiger partial charge in [-0.3, -0.25) is 4.79 Å². The Morgan fingerprint density at radius 2 is 2.12 bits per heavy atom. The summed E-state index contributed by atoms with van der Waals surface area (Å²) >= 11 is 0. The minimum Gasteiger partial charge on any atom is -0.480 e. The number of carboxylic acids is 1. The van der Waals surface area contributed by atoms with Crippen LogP contribution in [0.1, 0.15) is 24.2 Å². The van der Waals surface area contributed by atoms with Gasteiger partial charge in [0.2, 0.25) is 5.95 Å². The standard InChI is InChI=1S/C11H13FN2O3/c1-6(2)9(11(16)17)14-10(15)7-3-4-13-8(12)5-7/h3-6,9H,1-2H3,(H,14,15)(H,16,17). The van der Waals surface area contributed by atoms with E-state index in [4.69, 9.17) is 5.11 Å². The van der Waals surface area contributed by atoms with Gasteiger partial charge >= 0.3 is 5.97 Å². The Morgan fingerprint density at radius 3 is 2.59 bits per heavy atom. The normalized spacial score (nSPS) is 12.2. The molecule has 1 heterocycles. The zero-order valence-corrected chi connectivity index (χ0v) is 9.48. The highest BCUT2D eigenvalue weighted by molar-refractivity contribution is 5.96. The first kappa shape index (κ1) is 13.1. The first-order valence-electron chi connectivity index (χ1n) is 5.07. The Hall–Kier alpha value is -1.98. The van der Waals surface area contributed by atoms with Crippen molar-refractivity contribution in [3.63, 3.8) is 0 Å². The Kier molecular flexibility index (Phi) is 4.14. The molecule has 0 aliphatic heterocycles. The zero-order valence-electron chi connectivity index (χ0n) is 9.48. The summed E-state index contributed by atoms with van der Waals surface area (Å²) < 4.78 is 12.8. The Morgan fingerprint density at radius 1 is 1.47 bits per heavy atom. The van der Waals surface area contributed by atoms with Crippen molar-refractivity contribution in [1.82, 2.24) is 10.3 Å². The van der Waals surface area contributed by atoms with Crippen molar-refractivity contribution in [1.29, 1.82) is 0 Å². The molecular formula is C11H13FN2O3. The molecule has 0 spiro atoms. The van der Waals surface area contributed by atoms with Gasteiger partial charge in [-0.25, -0.2) is 9.78 Å². The molecule has 92 valence electrons. The predicted molar refractivity (Wildman–Crippen MR) is 57.9 cm³/mol. The average molecular weight is 240 g/mol. The molecule has 0 aliphatic carbocycles. The van der Waals surface area contributed by atoms with E-state index in [9.17, 15) is 14.0 Å². The molecule has 1 aromatic heterocycles. The van der Waals surface area contributed by atoms with Crippen LogP contribution < -0.4 is 5.32 Å². The highest BCUT2D eigenvalue weighted by atomic mass is 19.1. The maximum absolute atomic E-state index is 12.8. The van der Waals surface area contributed by atoms with Gasteiger partial charge in [-0.15, -0.1) is 0 Å². The molecule has 6 heteroatoms. The highest BCUT2D eigenvalue weighted by Crippen LogP contribution is 2.05. The number of hydrogen-bond donors (Lipinski definition) is 2. The van der Waals surface area contributed by atoms with E-state index in [0.29, 0.717) is 0 Å². The van der Waals surface area contributed by atoms with Crippen LogP contribution >= 0.6 is 0 Å². The minimum absolute atomic E-state index is 0.0457. The minimum atomic E-state index is -1.12. The van der Waals surface area contributed by atoms with E-state index in [-0.39, 0.29) is 11.5 Å². The van der Waals surface area contributed by atoms with Crippen molar-refractivity contribution in [2.75, 3.05) is 0 Å². The summed E-state index contributed by atoms with van der Waals surface area (Å²) in [7, 11) is 0. The second-order valence-electron chi connectivity index (χ2n) is 3.90. The number of aromatic nitrogens is 1. The Balaban J connectivity index is 2.81. The first-order chi connectivity index (χ1) is 7.91. The quantitative estimate of drug-likeness (QED) is 0.771. The lowest BCUT2D eigenvalue weighted by atomic mass is 10.0. The maximum Gasteiger partial charge on any atom is 0.326 e. The van der Waals surface area contributed by atoms with Crippen LogP contribution in [0.5, 0.6) is 0 Å². The van der Waals surface area contributed by atoms with E-state index < -0.39 is 23.9 Å². The van der Waals surface area contributed by atoms with Crippen LogP contribution in [0.4, 0.5) is 4.39 Å². The second-order valence-corrected chi connectivity index (χ2v) is 3.90. The number of hydrogen-bond acceptors (Lipinski definition) is 3. The lowest BCUT2D eigenvalue weighted by Gasteiger charge is -2.17. The SMILES string of the molecule is CC(C)C(NC(=O)c1ccnc(F)c1)C(=O)O. The van der Waals surface area contributed by atoms with E-state index in [2.05, 4.69) is 10.3 Å². The smallest absolute Gasteiger partial charge is 0.326 e. The Labute approximate surface area is 97.7 Å². The maximum atomic E-state index is 12.8. The highest BCUT2D eigenvalue weighted by Gasteiger charge is 2.23. The molecule has 0 saturated carbocycles.